The quantitative estimate of drug-likeness (QED) is 0.401. The predicted octanol–water partition coefficient (Wildman–Crippen LogP) is 5.65. The van der Waals surface area contributed by atoms with Gasteiger partial charge in [-0.15, -0.1) is 0 Å². The average molecular weight is 537 g/mol. The summed E-state index contributed by atoms with van der Waals surface area (Å²) in [4.78, 5) is 28.4. The fourth-order valence-electron chi connectivity index (χ4n) is 4.41. The molecule has 36 heavy (non-hydrogen) atoms. The zero-order chi connectivity index (χ0) is 26.1. The van der Waals surface area contributed by atoms with Crippen LogP contribution in [0.3, 0.4) is 0 Å². The maximum Gasteiger partial charge on any atom is 0.261 e. The second-order valence-corrected chi connectivity index (χ2v) is 9.64. The van der Waals surface area contributed by atoms with E-state index in [0.29, 0.717) is 39.3 Å². The van der Waals surface area contributed by atoms with Gasteiger partial charge in [0.1, 0.15) is 23.3 Å². The molecule has 0 aromatic heterocycles. The normalized spacial score (nSPS) is 14.6. The minimum absolute atomic E-state index is 0.0821. The maximum absolute atomic E-state index is 13.5. The molecule has 1 fully saturated rings. The number of amides is 2. The molecule has 7 nitrogen and oxygen atoms in total. The molecule has 0 bridgehead atoms. The second-order valence-electron chi connectivity index (χ2n) is 8.83. The Bertz CT molecular complexity index is 1000. The molecule has 0 saturated heterocycles. The third kappa shape index (κ3) is 7.43. The Morgan fingerprint density at radius 3 is 2.14 bits per heavy atom. The van der Waals surface area contributed by atoms with E-state index in [1.807, 2.05) is 6.92 Å². The highest BCUT2D eigenvalue weighted by Gasteiger charge is 2.31. The van der Waals surface area contributed by atoms with E-state index in [0.717, 1.165) is 25.7 Å². The number of nitrogens with zero attached hydrogens (tertiary/aromatic N) is 1. The first-order valence-corrected chi connectivity index (χ1v) is 13.0. The topological polar surface area (TPSA) is 77.1 Å². The van der Waals surface area contributed by atoms with Crippen molar-refractivity contribution in [3.8, 4) is 17.2 Å². The number of rotatable bonds is 11. The lowest BCUT2D eigenvalue weighted by molar-refractivity contribution is -0.143. The molecular formula is C27H34Cl2N2O5. The van der Waals surface area contributed by atoms with Gasteiger partial charge in [-0.3, -0.25) is 9.59 Å². The van der Waals surface area contributed by atoms with Crippen molar-refractivity contribution in [2.75, 3.05) is 20.8 Å². The molecular weight excluding hydrogens is 503 g/mol. The maximum atomic E-state index is 13.5. The summed E-state index contributed by atoms with van der Waals surface area (Å²) in [5.41, 5.74) is 0.584. The van der Waals surface area contributed by atoms with Gasteiger partial charge in [-0.25, -0.2) is 0 Å². The fraction of sp³-hybridized carbons (Fsp3) is 0.481. The van der Waals surface area contributed by atoms with Gasteiger partial charge >= 0.3 is 0 Å². The minimum Gasteiger partial charge on any atom is -0.496 e. The summed E-state index contributed by atoms with van der Waals surface area (Å²) in [6, 6.07) is 9.64. The minimum atomic E-state index is -0.699. The van der Waals surface area contributed by atoms with E-state index in [-0.39, 0.29) is 31.0 Å². The van der Waals surface area contributed by atoms with Crippen molar-refractivity contribution in [2.45, 2.75) is 64.1 Å². The molecule has 1 aliphatic carbocycles. The first kappa shape index (κ1) is 27.9. The average Bonchev–Trinajstić information content (AvgIpc) is 2.89. The molecule has 0 radical (unpaired) electrons. The molecule has 2 aromatic rings. The largest absolute Gasteiger partial charge is 0.496 e. The van der Waals surface area contributed by atoms with Crippen LogP contribution in [0.2, 0.25) is 10.0 Å². The number of carbonyl (C=O) groups is 2. The number of carbonyl (C=O) groups excluding carboxylic acids is 2. The third-order valence-electron chi connectivity index (χ3n) is 6.41. The number of hydrogen-bond acceptors (Lipinski definition) is 5. The summed E-state index contributed by atoms with van der Waals surface area (Å²) in [7, 11) is 3.07. The van der Waals surface area contributed by atoms with Crippen molar-refractivity contribution < 1.29 is 23.8 Å². The molecule has 1 saturated carbocycles. The van der Waals surface area contributed by atoms with Crippen molar-refractivity contribution >= 4 is 35.0 Å². The summed E-state index contributed by atoms with van der Waals surface area (Å²) >= 11 is 12.8. The van der Waals surface area contributed by atoms with Gasteiger partial charge in [-0.05, 0) is 31.4 Å². The van der Waals surface area contributed by atoms with E-state index < -0.39 is 6.04 Å². The fourth-order valence-corrected chi connectivity index (χ4v) is 4.93. The monoisotopic (exact) mass is 536 g/mol. The summed E-state index contributed by atoms with van der Waals surface area (Å²) in [5.74, 6) is 0.946. The lowest BCUT2D eigenvalue weighted by Gasteiger charge is -2.33. The molecule has 0 aliphatic heterocycles. The van der Waals surface area contributed by atoms with Gasteiger partial charge in [0, 0.05) is 46.4 Å². The van der Waals surface area contributed by atoms with E-state index in [1.165, 1.54) is 25.5 Å². The standard InChI is InChI=1S/C27H34Cl2N2O5/c1-4-25(27(33)30-18-9-6-5-7-10-18)31(16-22-23(28)11-8-12-24(22)29)26(32)17-36-21-14-19(34-2)13-20(15-21)35-3/h8,11-15,18,25H,4-7,9-10,16-17H2,1-3H3,(H,30,33)/t25-/m0/s1. The van der Waals surface area contributed by atoms with Crippen LogP contribution in [-0.2, 0) is 16.1 Å². The number of methoxy groups -OCH3 is 2. The SMILES string of the molecule is CC[C@@H](C(=O)NC1CCCCC1)N(Cc1c(Cl)cccc1Cl)C(=O)COc1cc(OC)cc(OC)c1. The van der Waals surface area contributed by atoms with Crippen LogP contribution < -0.4 is 19.5 Å². The van der Waals surface area contributed by atoms with E-state index in [9.17, 15) is 9.59 Å². The number of halogens is 2. The van der Waals surface area contributed by atoms with Crippen molar-refractivity contribution in [1.29, 1.82) is 0 Å². The molecule has 1 atom stereocenters. The lowest BCUT2D eigenvalue weighted by atomic mass is 9.95. The molecule has 2 amide bonds. The van der Waals surface area contributed by atoms with Crippen molar-refractivity contribution in [3.05, 3.63) is 52.0 Å². The van der Waals surface area contributed by atoms with Crippen LogP contribution in [-0.4, -0.2) is 49.6 Å². The highest BCUT2D eigenvalue weighted by atomic mass is 35.5. The number of hydrogen-bond donors (Lipinski definition) is 1. The van der Waals surface area contributed by atoms with Gasteiger partial charge in [0.15, 0.2) is 6.61 Å². The Labute approximate surface area is 223 Å². The first-order valence-electron chi connectivity index (χ1n) is 12.2. The van der Waals surface area contributed by atoms with Crippen molar-refractivity contribution in [1.82, 2.24) is 10.2 Å². The third-order valence-corrected chi connectivity index (χ3v) is 7.12. The Morgan fingerprint density at radius 2 is 1.58 bits per heavy atom. The Morgan fingerprint density at radius 1 is 1.00 bits per heavy atom. The molecule has 2 aromatic carbocycles. The number of ether oxygens (including phenoxy) is 3. The van der Waals surface area contributed by atoms with Gasteiger partial charge < -0.3 is 24.4 Å². The van der Waals surface area contributed by atoms with Crippen molar-refractivity contribution in [3.63, 3.8) is 0 Å². The molecule has 3 rings (SSSR count). The van der Waals surface area contributed by atoms with Crippen LogP contribution in [0.25, 0.3) is 0 Å². The molecule has 0 unspecified atom stereocenters. The molecule has 9 heteroatoms. The molecule has 0 heterocycles. The van der Waals surface area contributed by atoms with E-state index in [2.05, 4.69) is 5.32 Å². The Balaban J connectivity index is 1.83. The van der Waals surface area contributed by atoms with Crippen LogP contribution in [0, 0.1) is 0 Å². The Kier molecular flexibility index (Phi) is 10.6. The van der Waals surface area contributed by atoms with Gasteiger partial charge in [0.25, 0.3) is 5.91 Å². The van der Waals surface area contributed by atoms with Gasteiger partial charge in [0.05, 0.1) is 14.2 Å². The number of benzene rings is 2. The van der Waals surface area contributed by atoms with E-state index >= 15 is 0 Å². The van der Waals surface area contributed by atoms with Crippen LogP contribution in [0.15, 0.2) is 36.4 Å². The zero-order valence-electron chi connectivity index (χ0n) is 21.0. The number of nitrogens with one attached hydrogen (secondary N) is 1. The van der Waals surface area contributed by atoms with Gasteiger partial charge in [-0.2, -0.15) is 0 Å². The second kappa shape index (κ2) is 13.6. The lowest BCUT2D eigenvalue weighted by Crippen LogP contribution is -2.52. The Hall–Kier alpha value is -2.64. The van der Waals surface area contributed by atoms with E-state index in [4.69, 9.17) is 37.4 Å². The molecule has 196 valence electrons. The predicted molar refractivity (Wildman–Crippen MR) is 141 cm³/mol. The first-order chi connectivity index (χ1) is 17.4. The smallest absolute Gasteiger partial charge is 0.261 e. The van der Waals surface area contributed by atoms with Crippen LogP contribution in [0.1, 0.15) is 51.0 Å². The summed E-state index contributed by atoms with van der Waals surface area (Å²) in [5, 5.41) is 4.02. The summed E-state index contributed by atoms with van der Waals surface area (Å²) in [6.45, 7) is 1.68. The van der Waals surface area contributed by atoms with Crippen LogP contribution >= 0.6 is 23.2 Å². The zero-order valence-corrected chi connectivity index (χ0v) is 22.5. The summed E-state index contributed by atoms with van der Waals surface area (Å²) < 4.78 is 16.4. The molecule has 1 N–H and O–H groups in total. The van der Waals surface area contributed by atoms with Crippen molar-refractivity contribution in [2.24, 2.45) is 0 Å². The van der Waals surface area contributed by atoms with Gasteiger partial charge in [-0.1, -0.05) is 55.5 Å². The highest BCUT2D eigenvalue weighted by Crippen LogP contribution is 2.29. The summed E-state index contributed by atoms with van der Waals surface area (Å²) in [6.07, 6.45) is 5.71. The van der Waals surface area contributed by atoms with Crippen LogP contribution in [0.4, 0.5) is 0 Å². The highest BCUT2D eigenvalue weighted by molar-refractivity contribution is 6.36. The van der Waals surface area contributed by atoms with E-state index in [1.54, 1.807) is 36.4 Å². The molecule has 0 spiro atoms. The van der Waals surface area contributed by atoms with Gasteiger partial charge in [0.2, 0.25) is 5.91 Å². The molecule has 1 aliphatic rings. The van der Waals surface area contributed by atoms with Crippen LogP contribution in [0.5, 0.6) is 17.2 Å².